The Bertz CT molecular complexity index is 519. The maximum absolute atomic E-state index is 13.8. The Balaban J connectivity index is 1.65. The molecule has 2 saturated heterocycles. The number of amides is 1. The van der Waals surface area contributed by atoms with Crippen molar-refractivity contribution in [3.8, 4) is 0 Å². The molecule has 0 aromatic heterocycles. The summed E-state index contributed by atoms with van der Waals surface area (Å²) in [4.78, 5) is 25.0. The van der Waals surface area contributed by atoms with Crippen molar-refractivity contribution < 1.29 is 18.7 Å². The minimum Gasteiger partial charge on any atom is -0.445 e. The average molecular weight is 277 g/mol. The largest absolute Gasteiger partial charge is 0.445 e. The van der Waals surface area contributed by atoms with Gasteiger partial charge in [0.25, 0.3) is 0 Å². The van der Waals surface area contributed by atoms with E-state index >= 15 is 0 Å². The van der Waals surface area contributed by atoms with Gasteiger partial charge in [-0.3, -0.25) is 9.69 Å². The summed E-state index contributed by atoms with van der Waals surface area (Å²) >= 11 is 0. The molecule has 0 aliphatic carbocycles. The maximum atomic E-state index is 13.8. The molecule has 3 unspecified atom stereocenters. The standard InChI is InChI=1S/C15H16FNO3/c16-14-12-7-6-11(8-13(14)18)17(12)15(19)20-9-10-4-2-1-3-5-10/h1-5,11-12,14H,6-9H2. The highest BCUT2D eigenvalue weighted by molar-refractivity contribution is 5.87. The normalized spacial score (nSPS) is 28.6. The van der Waals surface area contributed by atoms with E-state index in [1.54, 1.807) is 0 Å². The summed E-state index contributed by atoms with van der Waals surface area (Å²) < 4.78 is 19.1. The molecule has 106 valence electrons. The molecule has 3 rings (SSSR count). The monoisotopic (exact) mass is 277 g/mol. The fourth-order valence-corrected chi connectivity index (χ4v) is 3.04. The van der Waals surface area contributed by atoms with Crippen LogP contribution in [-0.2, 0) is 16.1 Å². The van der Waals surface area contributed by atoms with E-state index in [0.717, 1.165) is 5.56 Å². The van der Waals surface area contributed by atoms with Crippen molar-refractivity contribution in [2.24, 2.45) is 0 Å². The van der Waals surface area contributed by atoms with Crippen LogP contribution in [0.5, 0.6) is 0 Å². The molecule has 4 nitrogen and oxygen atoms in total. The molecule has 1 aromatic rings. The van der Waals surface area contributed by atoms with Gasteiger partial charge in [0.05, 0.1) is 6.04 Å². The summed E-state index contributed by atoms with van der Waals surface area (Å²) in [6.07, 6.45) is -0.748. The minimum absolute atomic E-state index is 0.109. The molecular weight excluding hydrogens is 261 g/mol. The van der Waals surface area contributed by atoms with Crippen molar-refractivity contribution >= 4 is 11.9 Å². The topological polar surface area (TPSA) is 46.6 Å². The van der Waals surface area contributed by atoms with Gasteiger partial charge in [0.1, 0.15) is 6.61 Å². The third-order valence-electron chi connectivity index (χ3n) is 4.04. The van der Waals surface area contributed by atoms with Gasteiger partial charge >= 0.3 is 6.09 Å². The van der Waals surface area contributed by atoms with Crippen LogP contribution >= 0.6 is 0 Å². The molecule has 1 aromatic carbocycles. The molecule has 5 heteroatoms. The number of hydrogen-bond acceptors (Lipinski definition) is 3. The summed E-state index contributed by atoms with van der Waals surface area (Å²) in [5.74, 6) is -0.385. The highest BCUT2D eigenvalue weighted by atomic mass is 19.1. The first-order valence-corrected chi connectivity index (χ1v) is 6.82. The second-order valence-corrected chi connectivity index (χ2v) is 5.32. The number of piperidine rings is 1. The molecular formula is C15H16FNO3. The summed E-state index contributed by atoms with van der Waals surface area (Å²) in [5, 5.41) is 0. The number of alkyl halides is 1. The molecule has 2 fully saturated rings. The van der Waals surface area contributed by atoms with Crippen molar-refractivity contribution in [1.29, 1.82) is 0 Å². The van der Waals surface area contributed by atoms with E-state index < -0.39 is 18.3 Å². The predicted octanol–water partition coefficient (Wildman–Crippen LogP) is 2.47. The van der Waals surface area contributed by atoms with Crippen molar-refractivity contribution in [3.63, 3.8) is 0 Å². The lowest BCUT2D eigenvalue weighted by atomic mass is 10.0. The van der Waals surface area contributed by atoms with Crippen molar-refractivity contribution in [2.45, 2.75) is 44.1 Å². The zero-order valence-electron chi connectivity index (χ0n) is 11.0. The second-order valence-electron chi connectivity index (χ2n) is 5.32. The first-order chi connectivity index (χ1) is 9.66. The Morgan fingerprint density at radius 3 is 2.80 bits per heavy atom. The van der Waals surface area contributed by atoms with E-state index in [0.29, 0.717) is 12.8 Å². The van der Waals surface area contributed by atoms with E-state index in [1.165, 1.54) is 4.90 Å². The number of fused-ring (bicyclic) bond motifs is 2. The number of carbonyl (C=O) groups is 2. The number of nitrogens with zero attached hydrogens (tertiary/aromatic N) is 1. The van der Waals surface area contributed by atoms with Crippen LogP contribution < -0.4 is 0 Å². The SMILES string of the molecule is O=C1CC2CCC(C1F)N2C(=O)OCc1ccccc1. The fraction of sp³-hybridized carbons (Fsp3) is 0.467. The van der Waals surface area contributed by atoms with Crippen LogP contribution in [0, 0.1) is 0 Å². The van der Waals surface area contributed by atoms with E-state index in [1.807, 2.05) is 30.3 Å². The predicted molar refractivity (Wildman–Crippen MR) is 69.8 cm³/mol. The first-order valence-electron chi connectivity index (χ1n) is 6.82. The summed E-state index contributed by atoms with van der Waals surface area (Å²) in [7, 11) is 0. The summed E-state index contributed by atoms with van der Waals surface area (Å²) in [6, 6.07) is 8.51. The third kappa shape index (κ3) is 2.28. The van der Waals surface area contributed by atoms with E-state index in [9.17, 15) is 14.0 Å². The van der Waals surface area contributed by atoms with Crippen molar-refractivity contribution in [3.05, 3.63) is 35.9 Å². The van der Waals surface area contributed by atoms with Crippen molar-refractivity contribution in [1.82, 2.24) is 4.90 Å². The van der Waals surface area contributed by atoms with Gasteiger partial charge < -0.3 is 4.74 Å². The molecule has 2 aliphatic rings. The van der Waals surface area contributed by atoms with E-state index in [-0.39, 0.29) is 24.9 Å². The number of benzene rings is 1. The molecule has 0 radical (unpaired) electrons. The van der Waals surface area contributed by atoms with Crippen molar-refractivity contribution in [2.75, 3.05) is 0 Å². The Morgan fingerprint density at radius 1 is 1.30 bits per heavy atom. The molecule has 0 N–H and O–H groups in total. The molecule has 0 spiro atoms. The lowest BCUT2D eigenvalue weighted by Crippen LogP contribution is -2.53. The van der Waals surface area contributed by atoms with Crippen LogP contribution in [0.1, 0.15) is 24.8 Å². The van der Waals surface area contributed by atoms with Gasteiger partial charge in [-0.2, -0.15) is 0 Å². The lowest BCUT2D eigenvalue weighted by molar-refractivity contribution is -0.129. The van der Waals surface area contributed by atoms with Crippen LogP contribution in [0.4, 0.5) is 9.18 Å². The van der Waals surface area contributed by atoms with Crippen LogP contribution in [0.2, 0.25) is 0 Å². The van der Waals surface area contributed by atoms with Gasteiger partial charge in [0.2, 0.25) is 0 Å². The third-order valence-corrected chi connectivity index (χ3v) is 4.04. The number of hydrogen-bond donors (Lipinski definition) is 0. The van der Waals surface area contributed by atoms with Gasteiger partial charge in [0, 0.05) is 12.5 Å². The Morgan fingerprint density at radius 2 is 2.05 bits per heavy atom. The second kappa shape index (κ2) is 5.23. The Kier molecular flexibility index (Phi) is 3.42. The number of ketones is 1. The van der Waals surface area contributed by atoms with Gasteiger partial charge in [-0.25, -0.2) is 9.18 Å². The molecule has 20 heavy (non-hydrogen) atoms. The van der Waals surface area contributed by atoms with Gasteiger partial charge in [-0.1, -0.05) is 30.3 Å². The molecule has 0 saturated carbocycles. The first kappa shape index (κ1) is 13.1. The van der Waals surface area contributed by atoms with Crippen LogP contribution in [0.3, 0.4) is 0 Å². The highest BCUT2D eigenvalue weighted by Gasteiger charge is 2.49. The maximum Gasteiger partial charge on any atom is 0.410 e. The summed E-state index contributed by atoms with van der Waals surface area (Å²) in [5.41, 5.74) is 0.887. The smallest absolute Gasteiger partial charge is 0.410 e. The molecule has 1 amide bonds. The van der Waals surface area contributed by atoms with Crippen LogP contribution in [0.25, 0.3) is 0 Å². The zero-order chi connectivity index (χ0) is 14.1. The molecule has 2 heterocycles. The zero-order valence-corrected chi connectivity index (χ0v) is 11.0. The summed E-state index contributed by atoms with van der Waals surface area (Å²) in [6.45, 7) is 0.167. The fourth-order valence-electron chi connectivity index (χ4n) is 3.04. The van der Waals surface area contributed by atoms with Crippen LogP contribution in [-0.4, -0.2) is 35.0 Å². The van der Waals surface area contributed by atoms with Gasteiger partial charge in [-0.05, 0) is 18.4 Å². The molecule has 2 bridgehead atoms. The molecule has 3 atom stereocenters. The van der Waals surface area contributed by atoms with E-state index in [2.05, 4.69) is 0 Å². The Hall–Kier alpha value is -1.91. The average Bonchev–Trinajstić information content (AvgIpc) is 2.82. The lowest BCUT2D eigenvalue weighted by Gasteiger charge is -2.34. The number of ether oxygens (including phenoxy) is 1. The Labute approximate surface area is 116 Å². The molecule has 2 aliphatic heterocycles. The van der Waals surface area contributed by atoms with Gasteiger partial charge in [0.15, 0.2) is 12.0 Å². The highest BCUT2D eigenvalue weighted by Crippen LogP contribution is 2.36. The number of carbonyl (C=O) groups excluding carboxylic acids is 2. The van der Waals surface area contributed by atoms with Crippen LogP contribution in [0.15, 0.2) is 30.3 Å². The number of halogens is 1. The quantitative estimate of drug-likeness (QED) is 0.834. The number of Topliss-reactive ketones (excluding diaryl/α,β-unsaturated/α-hetero) is 1. The minimum atomic E-state index is -1.56. The van der Waals surface area contributed by atoms with Gasteiger partial charge in [-0.15, -0.1) is 0 Å². The van der Waals surface area contributed by atoms with E-state index in [4.69, 9.17) is 4.74 Å². The number of rotatable bonds is 2.